The van der Waals surface area contributed by atoms with Crippen LogP contribution in [0.15, 0.2) is 0 Å². The molecule has 0 aliphatic heterocycles. The maximum atomic E-state index is 6.04. The van der Waals surface area contributed by atoms with E-state index >= 15 is 0 Å². The molecule has 4 heteroatoms. The lowest BCUT2D eigenvalue weighted by Gasteiger charge is -2.25. The first kappa shape index (κ1) is 12.1. The Morgan fingerprint density at radius 3 is 2.31 bits per heavy atom. The molecule has 0 amide bonds. The van der Waals surface area contributed by atoms with Crippen molar-refractivity contribution in [1.82, 2.24) is 9.97 Å². The Morgan fingerprint density at radius 2 is 1.75 bits per heavy atom. The smallest absolute Gasteiger partial charge is 0.137 e. The van der Waals surface area contributed by atoms with Crippen molar-refractivity contribution in [2.45, 2.75) is 45.4 Å². The fourth-order valence-electron chi connectivity index (χ4n) is 2.33. The highest BCUT2D eigenvalue weighted by Crippen LogP contribution is 2.35. The Balaban J connectivity index is 2.26. The maximum absolute atomic E-state index is 6.04. The third-order valence-electron chi connectivity index (χ3n) is 3.35. The number of halogens is 2. The van der Waals surface area contributed by atoms with E-state index in [-0.39, 0.29) is 0 Å². The first-order valence-corrected chi connectivity index (χ1v) is 6.53. The number of hydrogen-bond acceptors (Lipinski definition) is 2. The van der Waals surface area contributed by atoms with Crippen molar-refractivity contribution in [1.29, 1.82) is 0 Å². The average molecular weight is 259 g/mol. The van der Waals surface area contributed by atoms with Gasteiger partial charge in [0.05, 0.1) is 0 Å². The highest BCUT2D eigenvalue weighted by molar-refractivity contribution is 6.34. The van der Waals surface area contributed by atoms with Crippen molar-refractivity contribution >= 4 is 23.2 Å². The van der Waals surface area contributed by atoms with Gasteiger partial charge in [0.15, 0.2) is 0 Å². The third-order valence-corrected chi connectivity index (χ3v) is 4.08. The van der Waals surface area contributed by atoms with E-state index in [0.717, 1.165) is 30.1 Å². The van der Waals surface area contributed by atoms with Gasteiger partial charge in [0.2, 0.25) is 0 Å². The van der Waals surface area contributed by atoms with Gasteiger partial charge in [-0.3, -0.25) is 0 Å². The van der Waals surface area contributed by atoms with Gasteiger partial charge in [-0.15, -0.1) is 0 Å². The molecule has 2 nitrogen and oxygen atoms in total. The molecule has 2 rings (SSSR count). The van der Waals surface area contributed by atoms with Crippen LogP contribution in [0.5, 0.6) is 0 Å². The van der Waals surface area contributed by atoms with Crippen molar-refractivity contribution in [2.24, 2.45) is 5.92 Å². The lowest BCUT2D eigenvalue weighted by atomic mass is 9.82. The summed E-state index contributed by atoms with van der Waals surface area (Å²) in [5, 5.41) is 0.987. The molecule has 0 saturated heterocycles. The number of hydrogen-bond donors (Lipinski definition) is 0. The van der Waals surface area contributed by atoms with E-state index in [9.17, 15) is 0 Å². The topological polar surface area (TPSA) is 25.8 Å². The van der Waals surface area contributed by atoms with Crippen molar-refractivity contribution in [3.8, 4) is 0 Å². The first-order valence-electron chi connectivity index (χ1n) is 5.77. The summed E-state index contributed by atoms with van der Waals surface area (Å²) in [6.07, 6.45) is 4.86. The van der Waals surface area contributed by atoms with Crippen molar-refractivity contribution in [3.05, 3.63) is 21.7 Å². The van der Waals surface area contributed by atoms with E-state index < -0.39 is 0 Å². The van der Waals surface area contributed by atoms with Crippen molar-refractivity contribution in [2.75, 3.05) is 0 Å². The van der Waals surface area contributed by atoms with Crippen molar-refractivity contribution in [3.63, 3.8) is 0 Å². The molecule has 1 aromatic heterocycles. The molecule has 16 heavy (non-hydrogen) atoms. The summed E-state index contributed by atoms with van der Waals surface area (Å²) in [6, 6.07) is 0. The van der Waals surface area contributed by atoms with Crippen LogP contribution in [0.1, 0.15) is 49.9 Å². The summed E-state index contributed by atoms with van der Waals surface area (Å²) in [4.78, 5) is 8.72. The van der Waals surface area contributed by atoms with Crippen LogP contribution in [-0.4, -0.2) is 9.97 Å². The Bertz CT molecular complexity index is 370. The second-order valence-electron chi connectivity index (χ2n) is 4.76. The van der Waals surface area contributed by atoms with Crippen LogP contribution < -0.4 is 0 Å². The van der Waals surface area contributed by atoms with E-state index in [1.54, 1.807) is 0 Å². The molecule has 0 spiro atoms. The highest BCUT2D eigenvalue weighted by Gasteiger charge is 2.23. The Kier molecular flexibility index (Phi) is 3.70. The minimum atomic E-state index is 0.430. The number of rotatable bonds is 1. The minimum Gasteiger partial charge on any atom is -0.221 e. The molecular weight excluding hydrogens is 243 g/mol. The quantitative estimate of drug-likeness (QED) is 0.699. The van der Waals surface area contributed by atoms with E-state index in [2.05, 4.69) is 16.9 Å². The fraction of sp³-hybridized carbons (Fsp3) is 0.667. The first-order chi connectivity index (χ1) is 7.58. The monoisotopic (exact) mass is 258 g/mol. The average Bonchev–Trinajstić information content (AvgIpc) is 2.25. The van der Waals surface area contributed by atoms with Gasteiger partial charge in [-0.1, -0.05) is 43.0 Å². The van der Waals surface area contributed by atoms with E-state index in [1.807, 2.05) is 6.92 Å². The van der Waals surface area contributed by atoms with Gasteiger partial charge >= 0.3 is 0 Å². The lowest BCUT2D eigenvalue weighted by Crippen LogP contribution is -2.14. The van der Waals surface area contributed by atoms with Gasteiger partial charge in [0.1, 0.15) is 16.1 Å². The van der Waals surface area contributed by atoms with Gasteiger partial charge in [-0.25, -0.2) is 9.97 Å². The van der Waals surface area contributed by atoms with Gasteiger partial charge in [-0.05, 0) is 25.7 Å². The standard InChI is InChI=1S/C12H16Cl2N2/c1-7-4-3-5-9(6-7)12-15-10(13)8(2)11(14)16-12/h7,9H,3-6H2,1-2H3. The molecule has 2 unspecified atom stereocenters. The van der Waals surface area contributed by atoms with Gasteiger partial charge in [-0.2, -0.15) is 0 Å². The predicted octanol–water partition coefficient (Wildman–Crippen LogP) is 4.39. The summed E-state index contributed by atoms with van der Waals surface area (Å²) in [5.74, 6) is 2.01. The maximum Gasteiger partial charge on any atom is 0.137 e. The fourth-order valence-corrected chi connectivity index (χ4v) is 2.73. The molecule has 1 aromatic rings. The molecule has 0 aromatic carbocycles. The summed E-state index contributed by atoms with van der Waals surface area (Å²) in [7, 11) is 0. The number of aromatic nitrogens is 2. The molecule has 1 heterocycles. The SMILES string of the molecule is Cc1c(Cl)nc(C2CCCC(C)C2)nc1Cl. The summed E-state index contributed by atoms with van der Waals surface area (Å²) in [5.41, 5.74) is 0.774. The van der Waals surface area contributed by atoms with Crippen LogP contribution in [0, 0.1) is 12.8 Å². The molecule has 1 aliphatic carbocycles. The zero-order valence-corrected chi connectivity index (χ0v) is 11.1. The lowest BCUT2D eigenvalue weighted by molar-refractivity contribution is 0.335. The Morgan fingerprint density at radius 1 is 1.12 bits per heavy atom. The molecule has 1 fully saturated rings. The molecule has 0 N–H and O–H groups in total. The molecule has 1 aliphatic rings. The second kappa shape index (κ2) is 4.89. The minimum absolute atomic E-state index is 0.430. The van der Waals surface area contributed by atoms with E-state index in [4.69, 9.17) is 23.2 Å². The van der Waals surface area contributed by atoms with E-state index in [0.29, 0.717) is 16.2 Å². The molecule has 88 valence electrons. The van der Waals surface area contributed by atoms with Crippen LogP contribution >= 0.6 is 23.2 Å². The van der Waals surface area contributed by atoms with Crippen LogP contribution in [0.4, 0.5) is 0 Å². The predicted molar refractivity (Wildman–Crippen MR) is 67.2 cm³/mol. The Labute approximate surface area is 106 Å². The molecule has 0 bridgehead atoms. The van der Waals surface area contributed by atoms with Gasteiger partial charge in [0.25, 0.3) is 0 Å². The van der Waals surface area contributed by atoms with Crippen LogP contribution in [0.3, 0.4) is 0 Å². The third kappa shape index (κ3) is 2.49. The zero-order valence-electron chi connectivity index (χ0n) is 9.63. The molecule has 2 atom stereocenters. The van der Waals surface area contributed by atoms with Crippen molar-refractivity contribution < 1.29 is 0 Å². The second-order valence-corrected chi connectivity index (χ2v) is 5.47. The molecule has 0 radical (unpaired) electrons. The summed E-state index contributed by atoms with van der Waals surface area (Å²) >= 11 is 12.1. The van der Waals surface area contributed by atoms with Gasteiger partial charge in [0, 0.05) is 11.5 Å². The van der Waals surface area contributed by atoms with Crippen LogP contribution in [0.2, 0.25) is 10.3 Å². The molecular formula is C12H16Cl2N2. The van der Waals surface area contributed by atoms with Gasteiger partial charge < -0.3 is 0 Å². The van der Waals surface area contributed by atoms with Crippen LogP contribution in [0.25, 0.3) is 0 Å². The Hall–Kier alpha value is -0.340. The van der Waals surface area contributed by atoms with Crippen LogP contribution in [-0.2, 0) is 0 Å². The molecule has 1 saturated carbocycles. The highest BCUT2D eigenvalue weighted by atomic mass is 35.5. The summed E-state index contributed by atoms with van der Waals surface area (Å²) < 4.78 is 0. The summed E-state index contributed by atoms with van der Waals surface area (Å²) in [6.45, 7) is 4.13. The zero-order chi connectivity index (χ0) is 11.7. The van der Waals surface area contributed by atoms with E-state index in [1.165, 1.54) is 12.8 Å². The largest absolute Gasteiger partial charge is 0.221 e. The number of nitrogens with zero attached hydrogens (tertiary/aromatic N) is 2. The normalized spacial score (nSPS) is 25.8.